The first-order chi connectivity index (χ1) is 12.1. The molecule has 0 spiro atoms. The van der Waals surface area contributed by atoms with Crippen molar-refractivity contribution in [2.24, 2.45) is 34.5 Å². The van der Waals surface area contributed by atoms with E-state index in [0.717, 1.165) is 32.1 Å². The van der Waals surface area contributed by atoms with Gasteiger partial charge in [0.2, 0.25) is 5.79 Å². The van der Waals surface area contributed by atoms with Gasteiger partial charge < -0.3 is 9.84 Å². The Morgan fingerprint density at radius 3 is 2.54 bits per heavy atom. The van der Waals surface area contributed by atoms with Gasteiger partial charge in [0.15, 0.2) is 5.78 Å². The number of hydrogen-bond acceptors (Lipinski definition) is 4. The lowest BCUT2D eigenvalue weighted by Gasteiger charge is -2.60. The lowest BCUT2D eigenvalue weighted by Crippen LogP contribution is -2.57. The van der Waals surface area contributed by atoms with Crippen LogP contribution in [-0.4, -0.2) is 22.6 Å². The molecule has 26 heavy (non-hydrogen) atoms. The van der Waals surface area contributed by atoms with Crippen LogP contribution in [0.2, 0.25) is 0 Å². The van der Waals surface area contributed by atoms with Gasteiger partial charge in [0.1, 0.15) is 0 Å². The van der Waals surface area contributed by atoms with Gasteiger partial charge in [-0.1, -0.05) is 19.4 Å². The van der Waals surface area contributed by atoms with Crippen molar-refractivity contribution in [3.8, 4) is 0 Å². The fourth-order valence-electron chi connectivity index (χ4n) is 7.44. The Morgan fingerprint density at radius 1 is 1.15 bits per heavy atom. The zero-order chi connectivity index (χ0) is 18.9. The molecule has 0 aromatic carbocycles. The highest BCUT2D eigenvalue weighted by Crippen LogP contribution is 2.68. The first-order valence-electron chi connectivity index (χ1n) is 10.3. The van der Waals surface area contributed by atoms with Gasteiger partial charge in [-0.3, -0.25) is 9.59 Å². The third kappa shape index (κ3) is 2.23. The number of aliphatic hydroxyl groups is 1. The molecule has 144 valence electrons. The summed E-state index contributed by atoms with van der Waals surface area (Å²) in [6.45, 7) is 8.04. The molecule has 0 unspecified atom stereocenters. The second-order valence-electron chi connectivity index (χ2n) is 9.80. The highest BCUT2D eigenvalue weighted by atomic mass is 16.7. The van der Waals surface area contributed by atoms with E-state index in [-0.39, 0.29) is 16.6 Å². The zero-order valence-electron chi connectivity index (χ0n) is 16.5. The maximum Gasteiger partial charge on any atom is 0.305 e. The SMILES string of the molecule is CC(=O)O[C@@]1(O)CC[C@H]2[C@@H]3CC[C@H]4CC(=O)C=C(C)[C@]4(C)[C@H]3CC[C@@]21C. The molecule has 7 atom stereocenters. The number of carbonyl (C=O) groups excluding carboxylic acids is 2. The lowest BCUT2D eigenvalue weighted by molar-refractivity contribution is -0.264. The number of carbonyl (C=O) groups is 2. The molecular weight excluding hydrogens is 328 g/mol. The second-order valence-corrected chi connectivity index (χ2v) is 9.80. The molecule has 4 heteroatoms. The smallest absolute Gasteiger partial charge is 0.305 e. The second kappa shape index (κ2) is 5.67. The molecule has 0 aromatic rings. The van der Waals surface area contributed by atoms with E-state index >= 15 is 0 Å². The van der Waals surface area contributed by atoms with Gasteiger partial charge in [0, 0.05) is 25.2 Å². The molecule has 0 radical (unpaired) electrons. The van der Waals surface area contributed by atoms with Crippen LogP contribution >= 0.6 is 0 Å². The third-order valence-corrected chi connectivity index (χ3v) is 8.97. The van der Waals surface area contributed by atoms with Crippen LogP contribution in [0.1, 0.15) is 72.6 Å². The van der Waals surface area contributed by atoms with Crippen molar-refractivity contribution in [1.82, 2.24) is 0 Å². The minimum Gasteiger partial charge on any atom is -0.433 e. The van der Waals surface area contributed by atoms with Crippen LogP contribution in [0.4, 0.5) is 0 Å². The lowest BCUT2D eigenvalue weighted by atomic mass is 9.44. The van der Waals surface area contributed by atoms with Crippen molar-refractivity contribution in [3.05, 3.63) is 11.6 Å². The minimum absolute atomic E-state index is 0.0975. The van der Waals surface area contributed by atoms with E-state index in [4.69, 9.17) is 4.74 Å². The molecule has 0 amide bonds. The Hall–Kier alpha value is -1.16. The number of allylic oxidation sites excluding steroid dienone is 2. The monoisotopic (exact) mass is 360 g/mol. The number of hydrogen-bond donors (Lipinski definition) is 1. The summed E-state index contributed by atoms with van der Waals surface area (Å²) in [4.78, 5) is 23.7. The molecule has 0 heterocycles. The number of fused-ring (bicyclic) bond motifs is 5. The summed E-state index contributed by atoms with van der Waals surface area (Å²) in [5.41, 5.74) is 0.996. The standard InChI is InChI=1S/C22H32O4/c1-13-11-16(24)12-15-5-6-17-18-8-10-22(25,26-14(2)23)20(18,3)9-7-19(17)21(13,15)4/h11,15,17-19,25H,5-10,12H2,1-4H3/t15-,17-,18-,19-,20-,21-,22-/m0/s1. The Balaban J connectivity index is 1.68. The fraction of sp³-hybridized carbons (Fsp3) is 0.818. The Labute approximate surface area is 156 Å². The van der Waals surface area contributed by atoms with Crippen LogP contribution in [0.5, 0.6) is 0 Å². The van der Waals surface area contributed by atoms with E-state index in [1.165, 1.54) is 12.5 Å². The minimum atomic E-state index is -1.32. The van der Waals surface area contributed by atoms with Gasteiger partial charge in [-0.2, -0.15) is 0 Å². The number of ketones is 1. The highest BCUT2D eigenvalue weighted by molar-refractivity contribution is 5.91. The summed E-state index contributed by atoms with van der Waals surface area (Å²) < 4.78 is 5.48. The van der Waals surface area contributed by atoms with E-state index in [1.54, 1.807) is 0 Å². The van der Waals surface area contributed by atoms with E-state index in [1.807, 2.05) is 6.08 Å². The van der Waals surface area contributed by atoms with Crippen molar-refractivity contribution >= 4 is 11.8 Å². The number of ether oxygens (including phenoxy) is 1. The maximum atomic E-state index is 12.1. The molecule has 0 aromatic heterocycles. The van der Waals surface area contributed by atoms with Gasteiger partial charge in [-0.25, -0.2) is 0 Å². The average molecular weight is 360 g/mol. The quantitative estimate of drug-likeness (QED) is 0.567. The van der Waals surface area contributed by atoms with E-state index in [9.17, 15) is 14.7 Å². The van der Waals surface area contributed by atoms with Crippen molar-refractivity contribution in [2.75, 3.05) is 0 Å². The van der Waals surface area contributed by atoms with Gasteiger partial charge in [0.25, 0.3) is 0 Å². The van der Waals surface area contributed by atoms with Gasteiger partial charge in [-0.05, 0) is 74.2 Å². The van der Waals surface area contributed by atoms with Gasteiger partial charge in [-0.15, -0.1) is 0 Å². The van der Waals surface area contributed by atoms with Crippen LogP contribution in [0.3, 0.4) is 0 Å². The molecule has 1 N–H and O–H groups in total. The number of esters is 1. The normalized spacial score (nSPS) is 50.3. The Bertz CT molecular complexity index is 682. The third-order valence-electron chi connectivity index (χ3n) is 8.97. The molecular formula is C22H32O4. The Kier molecular flexibility index (Phi) is 3.97. The molecule has 4 rings (SSSR count). The van der Waals surface area contributed by atoms with Crippen molar-refractivity contribution < 1.29 is 19.4 Å². The summed E-state index contributed by atoms with van der Waals surface area (Å²) in [6.07, 6.45) is 8.18. The van der Waals surface area contributed by atoms with E-state index in [0.29, 0.717) is 36.5 Å². The highest BCUT2D eigenvalue weighted by Gasteiger charge is 2.66. The topological polar surface area (TPSA) is 63.6 Å². The summed E-state index contributed by atoms with van der Waals surface area (Å²) in [7, 11) is 0. The van der Waals surface area contributed by atoms with Crippen molar-refractivity contribution in [2.45, 2.75) is 78.4 Å². The molecule has 3 fully saturated rings. The Morgan fingerprint density at radius 2 is 1.85 bits per heavy atom. The van der Waals surface area contributed by atoms with Crippen LogP contribution in [0.15, 0.2) is 11.6 Å². The molecule has 4 aliphatic carbocycles. The molecule has 0 bridgehead atoms. The van der Waals surface area contributed by atoms with Crippen molar-refractivity contribution in [3.63, 3.8) is 0 Å². The summed E-state index contributed by atoms with van der Waals surface area (Å²) in [5, 5.41) is 11.2. The summed E-state index contributed by atoms with van der Waals surface area (Å²) in [5.74, 6) is 0.512. The summed E-state index contributed by atoms with van der Waals surface area (Å²) in [6, 6.07) is 0. The van der Waals surface area contributed by atoms with Crippen LogP contribution in [-0.2, 0) is 14.3 Å². The van der Waals surface area contributed by atoms with Crippen molar-refractivity contribution in [1.29, 1.82) is 0 Å². The largest absolute Gasteiger partial charge is 0.433 e. The van der Waals surface area contributed by atoms with Crippen LogP contribution in [0.25, 0.3) is 0 Å². The maximum absolute atomic E-state index is 12.1. The molecule has 0 saturated heterocycles. The predicted molar refractivity (Wildman–Crippen MR) is 98.0 cm³/mol. The molecule has 3 saturated carbocycles. The fourth-order valence-corrected chi connectivity index (χ4v) is 7.44. The molecule has 4 aliphatic rings. The van der Waals surface area contributed by atoms with E-state index in [2.05, 4.69) is 20.8 Å². The first-order valence-corrected chi connectivity index (χ1v) is 10.3. The van der Waals surface area contributed by atoms with Gasteiger partial charge >= 0.3 is 5.97 Å². The van der Waals surface area contributed by atoms with Gasteiger partial charge in [0.05, 0.1) is 0 Å². The first kappa shape index (κ1) is 18.2. The molecule has 4 nitrogen and oxygen atoms in total. The zero-order valence-corrected chi connectivity index (χ0v) is 16.5. The summed E-state index contributed by atoms with van der Waals surface area (Å²) >= 11 is 0. The average Bonchev–Trinajstić information content (AvgIpc) is 2.80. The van der Waals surface area contributed by atoms with Crippen LogP contribution in [0, 0.1) is 34.5 Å². The van der Waals surface area contributed by atoms with Crippen LogP contribution < -0.4 is 0 Å². The molecule has 0 aliphatic heterocycles. The van der Waals surface area contributed by atoms with E-state index < -0.39 is 11.8 Å². The predicted octanol–water partition coefficient (Wildman–Crippen LogP) is 4.02. The number of rotatable bonds is 1.